The number of aliphatic hydroxyl groups is 1. The molecule has 0 saturated carbocycles. The molecule has 4 N–H and O–H groups in total. The second-order valence-corrected chi connectivity index (χ2v) is 12.5. The van der Waals surface area contributed by atoms with Crippen LogP contribution in [0.5, 0.6) is 5.75 Å². The molecular formula is C37H45N3O8. The van der Waals surface area contributed by atoms with Crippen molar-refractivity contribution >= 4 is 17.9 Å². The number of benzene rings is 3. The first kappa shape index (κ1) is 34.9. The van der Waals surface area contributed by atoms with E-state index in [1.54, 1.807) is 19.2 Å². The van der Waals surface area contributed by atoms with Gasteiger partial charge in [0.2, 0.25) is 0 Å². The van der Waals surface area contributed by atoms with Crippen LogP contribution in [0.2, 0.25) is 0 Å². The van der Waals surface area contributed by atoms with Crippen LogP contribution in [0.3, 0.4) is 0 Å². The number of amides is 3. The van der Waals surface area contributed by atoms with Gasteiger partial charge in [0.15, 0.2) is 12.9 Å². The van der Waals surface area contributed by atoms with Crippen molar-refractivity contribution in [3.05, 3.63) is 101 Å². The zero-order valence-corrected chi connectivity index (χ0v) is 27.6. The van der Waals surface area contributed by atoms with Gasteiger partial charge in [0.05, 0.1) is 31.3 Å². The third-order valence-corrected chi connectivity index (χ3v) is 8.82. The molecule has 2 fully saturated rings. The topological polar surface area (TPSA) is 144 Å². The predicted octanol–water partition coefficient (Wildman–Crippen LogP) is 3.62. The van der Waals surface area contributed by atoms with Gasteiger partial charge in [-0.2, -0.15) is 0 Å². The van der Waals surface area contributed by atoms with Crippen LogP contribution in [0.15, 0.2) is 72.8 Å². The molecule has 2 heterocycles. The van der Waals surface area contributed by atoms with E-state index in [9.17, 15) is 19.5 Å². The van der Waals surface area contributed by atoms with Crippen LogP contribution in [0.4, 0.5) is 4.79 Å². The number of hydrogen-bond acceptors (Lipinski definition) is 8. The number of fused-ring (bicyclic) bond motifs is 1. The maximum atomic E-state index is 13.3. The third kappa shape index (κ3) is 9.33. The molecule has 11 heteroatoms. The first-order valence-corrected chi connectivity index (χ1v) is 16.4. The van der Waals surface area contributed by atoms with E-state index in [0.29, 0.717) is 30.8 Å². The lowest BCUT2D eigenvalue weighted by molar-refractivity contribution is -0.124. The van der Waals surface area contributed by atoms with Crippen molar-refractivity contribution in [1.29, 1.82) is 0 Å². The second kappa shape index (κ2) is 16.6. The molecule has 2 aliphatic heterocycles. The highest BCUT2D eigenvalue weighted by atomic mass is 16.7. The Hall–Kier alpha value is -4.45. The Labute approximate surface area is 281 Å². The quantitative estimate of drug-likeness (QED) is 0.206. The van der Waals surface area contributed by atoms with Crippen molar-refractivity contribution in [2.24, 2.45) is 5.92 Å². The lowest BCUT2D eigenvalue weighted by atomic mass is 9.93. The maximum absolute atomic E-state index is 13.3. The van der Waals surface area contributed by atoms with Gasteiger partial charge in [-0.3, -0.25) is 9.59 Å². The highest BCUT2D eigenvalue weighted by Gasteiger charge is 2.44. The minimum Gasteiger partial charge on any atom is -0.483 e. The summed E-state index contributed by atoms with van der Waals surface area (Å²) < 4.78 is 22.9. The summed E-state index contributed by atoms with van der Waals surface area (Å²) in [4.78, 5) is 38.5. The van der Waals surface area contributed by atoms with Gasteiger partial charge >= 0.3 is 6.09 Å². The fourth-order valence-corrected chi connectivity index (χ4v) is 6.43. The van der Waals surface area contributed by atoms with Gasteiger partial charge in [0.1, 0.15) is 11.9 Å². The van der Waals surface area contributed by atoms with Crippen molar-refractivity contribution < 1.29 is 38.4 Å². The molecule has 3 amide bonds. The lowest BCUT2D eigenvalue weighted by Crippen LogP contribution is -2.50. The molecule has 2 unspecified atom stereocenters. The Morgan fingerprint density at radius 2 is 1.56 bits per heavy atom. The number of aliphatic hydroxyl groups excluding tert-OH is 1. The van der Waals surface area contributed by atoms with E-state index < -0.39 is 30.4 Å². The summed E-state index contributed by atoms with van der Waals surface area (Å²) in [5, 5.41) is 20.2. The summed E-state index contributed by atoms with van der Waals surface area (Å²) in [6, 6.07) is 21.5. The normalized spacial score (nSPS) is 20.2. The average Bonchev–Trinajstić information content (AvgIpc) is 3.69. The zero-order chi connectivity index (χ0) is 34.0. The number of rotatable bonds is 14. The number of alkyl carbamates (subject to hydrolysis) is 1. The number of ether oxygens (including phenoxy) is 4. The van der Waals surface area contributed by atoms with Crippen LogP contribution in [0, 0.1) is 19.8 Å². The van der Waals surface area contributed by atoms with Gasteiger partial charge in [-0.15, -0.1) is 0 Å². The van der Waals surface area contributed by atoms with Gasteiger partial charge in [-0.05, 0) is 73.9 Å². The van der Waals surface area contributed by atoms with E-state index in [-0.39, 0.29) is 43.7 Å². The zero-order valence-electron chi connectivity index (χ0n) is 27.6. The lowest BCUT2D eigenvalue weighted by Gasteiger charge is -2.29. The minimum atomic E-state index is -1.03. The van der Waals surface area contributed by atoms with Gasteiger partial charge in [-0.25, -0.2) is 4.79 Å². The predicted molar refractivity (Wildman–Crippen MR) is 179 cm³/mol. The van der Waals surface area contributed by atoms with Crippen molar-refractivity contribution in [2.45, 2.75) is 70.1 Å². The van der Waals surface area contributed by atoms with Crippen LogP contribution in [0.1, 0.15) is 45.5 Å². The Morgan fingerprint density at radius 3 is 2.21 bits per heavy atom. The van der Waals surface area contributed by atoms with Crippen LogP contribution in [-0.2, 0) is 31.8 Å². The monoisotopic (exact) mass is 659 g/mol. The summed E-state index contributed by atoms with van der Waals surface area (Å²) in [6.45, 7) is 4.22. The number of carbonyl (C=O) groups is 3. The van der Waals surface area contributed by atoms with Crippen molar-refractivity contribution in [1.82, 2.24) is 16.0 Å². The van der Waals surface area contributed by atoms with Gasteiger partial charge in [-0.1, -0.05) is 60.7 Å². The highest BCUT2D eigenvalue weighted by molar-refractivity contribution is 5.94. The van der Waals surface area contributed by atoms with Gasteiger partial charge in [0, 0.05) is 18.7 Å². The van der Waals surface area contributed by atoms with E-state index in [2.05, 4.69) is 16.0 Å². The van der Waals surface area contributed by atoms with Crippen LogP contribution in [0.25, 0.3) is 0 Å². The number of carbonyl (C=O) groups excluding carboxylic acids is 3. The smallest absolute Gasteiger partial charge is 0.407 e. The summed E-state index contributed by atoms with van der Waals surface area (Å²) in [7, 11) is 1.57. The Kier molecular flexibility index (Phi) is 12.1. The van der Waals surface area contributed by atoms with E-state index in [1.807, 2.05) is 74.5 Å². The van der Waals surface area contributed by atoms with E-state index >= 15 is 0 Å². The summed E-state index contributed by atoms with van der Waals surface area (Å²) in [5.74, 6) is -0.0434. The fraction of sp³-hybridized carbons (Fsp3) is 0.432. The van der Waals surface area contributed by atoms with Crippen molar-refractivity contribution in [3.63, 3.8) is 0 Å². The molecule has 2 saturated heterocycles. The first-order chi connectivity index (χ1) is 23.2. The van der Waals surface area contributed by atoms with Crippen molar-refractivity contribution in [3.8, 4) is 5.75 Å². The molecule has 0 aliphatic carbocycles. The molecule has 3 aromatic rings. The Bertz CT molecular complexity index is 1510. The summed E-state index contributed by atoms with van der Waals surface area (Å²) in [6.07, 6.45) is -0.732. The molecule has 6 atom stereocenters. The molecule has 48 heavy (non-hydrogen) atoms. The van der Waals surface area contributed by atoms with Crippen LogP contribution >= 0.6 is 0 Å². The molecule has 0 aromatic heterocycles. The standard InChI is InChI=1S/C37H45N3O8/c1-23-16-27(35(43)38-3)17-24(2)34(23)46-22-33(42)39-28(18-25-10-6-4-7-11-25)20-31(41)30(19-26-12-8-5-9-13-26)40-37(44)48-32-21-47-36-29(32)14-15-45-36/h4-13,16-17,28-32,36,41H,14-15,18-22H2,1-3H3,(H,38,43)(H,39,42)(H,40,44)/t28-,29?,30-,31-,32-,36?/m0/s1. The molecule has 256 valence electrons. The molecular weight excluding hydrogens is 614 g/mol. The first-order valence-electron chi connectivity index (χ1n) is 16.4. The second-order valence-electron chi connectivity index (χ2n) is 12.5. The Morgan fingerprint density at radius 1 is 0.917 bits per heavy atom. The fourth-order valence-electron chi connectivity index (χ4n) is 6.43. The SMILES string of the molecule is CNC(=O)c1cc(C)c(OCC(=O)N[C@@H](Cc2ccccc2)C[C@H](O)[C@H](Cc2ccccc2)NC(=O)O[C@H]2COC3OCCC32)c(C)c1. The van der Waals surface area contributed by atoms with Crippen LogP contribution < -0.4 is 20.7 Å². The average molecular weight is 660 g/mol. The van der Waals surface area contributed by atoms with E-state index in [0.717, 1.165) is 28.7 Å². The maximum Gasteiger partial charge on any atom is 0.407 e. The molecule has 0 spiro atoms. The Balaban J connectivity index is 1.26. The summed E-state index contributed by atoms with van der Waals surface area (Å²) >= 11 is 0. The highest BCUT2D eigenvalue weighted by Crippen LogP contribution is 2.33. The molecule has 3 aromatic carbocycles. The van der Waals surface area contributed by atoms with Gasteiger partial charge in [0.25, 0.3) is 11.8 Å². The van der Waals surface area contributed by atoms with Gasteiger partial charge < -0.3 is 40.0 Å². The molecule has 0 radical (unpaired) electrons. The van der Waals surface area contributed by atoms with E-state index in [1.165, 1.54) is 0 Å². The molecule has 11 nitrogen and oxygen atoms in total. The molecule has 0 bridgehead atoms. The molecule has 5 rings (SSSR count). The van der Waals surface area contributed by atoms with Crippen LogP contribution in [-0.4, -0.2) is 80.5 Å². The third-order valence-electron chi connectivity index (χ3n) is 8.82. The summed E-state index contributed by atoms with van der Waals surface area (Å²) in [5.41, 5.74) is 3.89. The molecule has 2 aliphatic rings. The van der Waals surface area contributed by atoms with Crippen molar-refractivity contribution in [2.75, 3.05) is 26.9 Å². The number of nitrogens with one attached hydrogen (secondary N) is 3. The minimum absolute atomic E-state index is 0.0118. The number of hydrogen-bond donors (Lipinski definition) is 4. The number of aryl methyl sites for hydroxylation is 2. The largest absolute Gasteiger partial charge is 0.483 e. The van der Waals surface area contributed by atoms with E-state index in [4.69, 9.17) is 18.9 Å².